The Hall–Kier alpha value is -2.44. The van der Waals surface area contributed by atoms with Crippen molar-refractivity contribution in [1.82, 2.24) is 0 Å². The van der Waals surface area contributed by atoms with Crippen molar-refractivity contribution < 1.29 is 27.1 Å². The van der Waals surface area contributed by atoms with Crippen LogP contribution in [0.1, 0.15) is 48.9 Å². The molecular formula is C24H21Cl2F3O3. The number of carbonyl (C=O) groups is 1. The first-order chi connectivity index (χ1) is 14.8. The van der Waals surface area contributed by atoms with E-state index in [1.165, 1.54) is 18.2 Å². The van der Waals surface area contributed by atoms with Crippen molar-refractivity contribution in [3.63, 3.8) is 0 Å². The average molecular weight is 485 g/mol. The molecule has 0 unspecified atom stereocenters. The third-order valence-electron chi connectivity index (χ3n) is 4.54. The molecule has 0 fully saturated rings. The summed E-state index contributed by atoms with van der Waals surface area (Å²) in [6.45, 7) is 5.68. The van der Waals surface area contributed by atoms with Crippen LogP contribution in [-0.2, 0) is 12.6 Å². The summed E-state index contributed by atoms with van der Waals surface area (Å²) in [5.74, 6) is 0.637. The maximum Gasteiger partial charge on any atom is 0.416 e. The van der Waals surface area contributed by atoms with Crippen LogP contribution >= 0.6 is 23.2 Å². The highest BCUT2D eigenvalue weighted by molar-refractivity contribution is 6.43. The first-order valence-electron chi connectivity index (χ1n) is 9.82. The van der Waals surface area contributed by atoms with Crippen LogP contribution in [0.5, 0.6) is 5.75 Å². The number of ketones is 1. The molecule has 0 spiro atoms. The first kappa shape index (κ1) is 24.2. The second-order valence-corrected chi connectivity index (χ2v) is 8.98. The van der Waals surface area contributed by atoms with Crippen LogP contribution in [0.2, 0.25) is 10.0 Å². The molecule has 0 saturated carbocycles. The highest BCUT2D eigenvalue weighted by Gasteiger charge is 2.30. The van der Waals surface area contributed by atoms with Crippen molar-refractivity contribution in [2.45, 2.75) is 45.4 Å². The molecule has 0 amide bonds. The number of furan rings is 1. The lowest BCUT2D eigenvalue weighted by Crippen LogP contribution is -2.23. The number of hydrogen-bond acceptors (Lipinski definition) is 3. The van der Waals surface area contributed by atoms with E-state index in [-0.39, 0.29) is 23.0 Å². The Labute approximate surface area is 194 Å². The lowest BCUT2D eigenvalue weighted by molar-refractivity contribution is -0.137. The molecule has 32 heavy (non-hydrogen) atoms. The zero-order valence-corrected chi connectivity index (χ0v) is 19.2. The van der Waals surface area contributed by atoms with Gasteiger partial charge in [0.2, 0.25) is 0 Å². The summed E-state index contributed by atoms with van der Waals surface area (Å²) in [6.07, 6.45) is -3.96. The van der Waals surface area contributed by atoms with Crippen LogP contribution in [0.25, 0.3) is 11.3 Å². The molecule has 0 aliphatic heterocycles. The third-order valence-corrected chi connectivity index (χ3v) is 5.45. The van der Waals surface area contributed by atoms with E-state index in [1.807, 2.05) is 20.8 Å². The van der Waals surface area contributed by atoms with Gasteiger partial charge in [0, 0.05) is 12.0 Å². The van der Waals surface area contributed by atoms with Gasteiger partial charge in [-0.3, -0.25) is 4.79 Å². The molecule has 170 valence electrons. The van der Waals surface area contributed by atoms with Gasteiger partial charge in [-0.05, 0) is 63.1 Å². The van der Waals surface area contributed by atoms with Crippen molar-refractivity contribution in [3.8, 4) is 17.1 Å². The number of carbonyl (C=O) groups excluding carboxylic acids is 1. The van der Waals surface area contributed by atoms with Gasteiger partial charge in [0.25, 0.3) is 0 Å². The lowest BCUT2D eigenvalue weighted by atomic mass is 10.1. The second kappa shape index (κ2) is 9.20. The molecule has 0 bridgehead atoms. The zero-order valence-electron chi connectivity index (χ0n) is 17.6. The molecule has 3 aromatic rings. The fourth-order valence-corrected chi connectivity index (χ4v) is 3.48. The number of Topliss-reactive ketones (excluding diaryl/α,β-unsaturated/α-hetero) is 1. The standard InChI is InChI=1S/C24H21Cl2F3O3/c1-23(2,3)32-20-11-7-15(21(25)22(20)26)6-10-17(30)19-13-12-18(31-19)14-4-8-16(9-5-14)24(27,28)29/h4-5,7-9,11-13H,6,10H2,1-3H3. The van der Waals surface area contributed by atoms with E-state index in [0.29, 0.717) is 34.1 Å². The highest BCUT2D eigenvalue weighted by atomic mass is 35.5. The molecule has 0 aliphatic carbocycles. The molecule has 0 saturated heterocycles. The van der Waals surface area contributed by atoms with Gasteiger partial charge in [0.15, 0.2) is 11.5 Å². The monoisotopic (exact) mass is 484 g/mol. The minimum atomic E-state index is -4.41. The Bertz CT molecular complexity index is 1110. The Morgan fingerprint density at radius 2 is 1.59 bits per heavy atom. The number of aryl methyl sites for hydroxylation is 1. The molecule has 3 rings (SSSR count). The summed E-state index contributed by atoms with van der Waals surface area (Å²) >= 11 is 12.7. The van der Waals surface area contributed by atoms with Gasteiger partial charge >= 0.3 is 6.18 Å². The molecule has 8 heteroatoms. The third kappa shape index (κ3) is 5.87. The van der Waals surface area contributed by atoms with E-state index < -0.39 is 17.3 Å². The van der Waals surface area contributed by atoms with E-state index >= 15 is 0 Å². The zero-order chi connectivity index (χ0) is 23.7. The van der Waals surface area contributed by atoms with Crippen molar-refractivity contribution in [2.24, 2.45) is 0 Å². The maximum absolute atomic E-state index is 12.7. The Kier molecular flexibility index (Phi) is 6.96. The summed E-state index contributed by atoms with van der Waals surface area (Å²) in [4.78, 5) is 12.6. The number of benzene rings is 2. The summed E-state index contributed by atoms with van der Waals surface area (Å²) < 4.78 is 49.5. The number of ether oxygens (including phenoxy) is 1. The van der Waals surface area contributed by atoms with Crippen molar-refractivity contribution >= 4 is 29.0 Å². The van der Waals surface area contributed by atoms with Gasteiger partial charge in [-0.1, -0.05) is 41.4 Å². The first-order valence-corrected chi connectivity index (χ1v) is 10.6. The Balaban J connectivity index is 1.68. The van der Waals surface area contributed by atoms with E-state index in [9.17, 15) is 18.0 Å². The Morgan fingerprint density at radius 1 is 0.938 bits per heavy atom. The molecule has 1 aromatic heterocycles. The molecule has 0 radical (unpaired) electrons. The van der Waals surface area contributed by atoms with Gasteiger partial charge in [0.05, 0.1) is 10.6 Å². The van der Waals surface area contributed by atoms with Crippen LogP contribution in [0.4, 0.5) is 13.2 Å². The number of halogens is 5. The van der Waals surface area contributed by atoms with Crippen molar-refractivity contribution in [1.29, 1.82) is 0 Å². The normalized spacial score (nSPS) is 12.1. The number of hydrogen-bond donors (Lipinski definition) is 0. The minimum Gasteiger partial charge on any atom is -0.487 e. The van der Waals surface area contributed by atoms with Crippen LogP contribution in [-0.4, -0.2) is 11.4 Å². The SMILES string of the molecule is CC(C)(C)Oc1ccc(CCC(=O)c2ccc(-c3ccc(C(F)(F)F)cc3)o2)c(Cl)c1Cl. The van der Waals surface area contributed by atoms with Crippen LogP contribution in [0.3, 0.4) is 0 Å². The van der Waals surface area contributed by atoms with Crippen molar-refractivity contribution in [2.75, 3.05) is 0 Å². The molecule has 2 aromatic carbocycles. The average Bonchev–Trinajstić information content (AvgIpc) is 3.20. The largest absolute Gasteiger partial charge is 0.487 e. The smallest absolute Gasteiger partial charge is 0.416 e. The molecule has 3 nitrogen and oxygen atoms in total. The van der Waals surface area contributed by atoms with Crippen LogP contribution in [0.15, 0.2) is 52.9 Å². The lowest BCUT2D eigenvalue weighted by Gasteiger charge is -2.22. The van der Waals surface area contributed by atoms with Gasteiger partial charge in [-0.2, -0.15) is 13.2 Å². The maximum atomic E-state index is 12.7. The summed E-state index contributed by atoms with van der Waals surface area (Å²) in [6, 6.07) is 11.1. The van der Waals surface area contributed by atoms with E-state index in [2.05, 4.69) is 0 Å². The fraction of sp³-hybridized carbons (Fsp3) is 0.292. The predicted octanol–water partition coefficient (Wildman–Crippen LogP) is 8.27. The van der Waals surface area contributed by atoms with Gasteiger partial charge in [0.1, 0.15) is 22.1 Å². The van der Waals surface area contributed by atoms with E-state index in [4.69, 9.17) is 32.4 Å². The minimum absolute atomic E-state index is 0.120. The molecule has 0 atom stereocenters. The van der Waals surface area contributed by atoms with Crippen LogP contribution < -0.4 is 4.74 Å². The topological polar surface area (TPSA) is 39.4 Å². The molecule has 0 aliphatic rings. The Morgan fingerprint density at radius 3 is 2.19 bits per heavy atom. The summed E-state index contributed by atoms with van der Waals surface area (Å²) in [5.41, 5.74) is -0.0465. The van der Waals surface area contributed by atoms with Gasteiger partial charge < -0.3 is 9.15 Å². The van der Waals surface area contributed by atoms with E-state index in [1.54, 1.807) is 18.2 Å². The summed E-state index contributed by atoms with van der Waals surface area (Å²) in [7, 11) is 0. The molecule has 0 N–H and O–H groups in total. The molecular weight excluding hydrogens is 464 g/mol. The summed E-state index contributed by atoms with van der Waals surface area (Å²) in [5, 5.41) is 0.611. The van der Waals surface area contributed by atoms with Gasteiger partial charge in [-0.25, -0.2) is 0 Å². The van der Waals surface area contributed by atoms with Crippen LogP contribution in [0, 0.1) is 0 Å². The van der Waals surface area contributed by atoms with Gasteiger partial charge in [-0.15, -0.1) is 0 Å². The second-order valence-electron chi connectivity index (χ2n) is 8.23. The number of alkyl halides is 3. The highest BCUT2D eigenvalue weighted by Crippen LogP contribution is 2.37. The predicted molar refractivity (Wildman–Crippen MR) is 119 cm³/mol. The quantitative estimate of drug-likeness (QED) is 0.330. The van der Waals surface area contributed by atoms with Crippen molar-refractivity contribution in [3.05, 3.63) is 75.5 Å². The van der Waals surface area contributed by atoms with E-state index in [0.717, 1.165) is 12.1 Å². The number of rotatable bonds is 6. The fourth-order valence-electron chi connectivity index (χ4n) is 3.01. The molecule has 1 heterocycles.